The van der Waals surface area contributed by atoms with Crippen molar-refractivity contribution in [1.82, 2.24) is 0 Å². The molecule has 0 heterocycles. The molecule has 0 aliphatic rings. The maximum Gasteiger partial charge on any atom is 0.306 e. The van der Waals surface area contributed by atoms with Crippen LogP contribution in [0.4, 0.5) is 0 Å². The highest BCUT2D eigenvalue weighted by atomic mass is 16.6. The minimum absolute atomic E-state index is 0.0824. The standard InChI is InChI=1S/C60H106O6/c1-4-7-10-13-16-19-22-25-27-29-30-32-33-35-38-41-44-47-50-53-59(62)65-56-57(55-64-58(61)52-49-46-43-40-37-24-21-18-15-12-9-6-3)66-60(63)54-51-48-45-42-39-36-34-31-28-26-23-20-17-14-11-8-5-2/h16-17,19-20,25-28,34,36,57H,4-15,18,21-24,29-33,35,37-56H2,1-3H3/b19-16-,20-17-,27-25-,28-26-,36-34-/t57-/m1/s1. The lowest BCUT2D eigenvalue weighted by Crippen LogP contribution is -2.30. The van der Waals surface area contributed by atoms with Gasteiger partial charge in [-0.1, -0.05) is 236 Å². The molecule has 0 spiro atoms. The summed E-state index contributed by atoms with van der Waals surface area (Å²) in [7, 11) is 0. The third kappa shape index (κ3) is 52.1. The molecule has 1 atom stereocenters. The number of carbonyl (C=O) groups excluding carboxylic acids is 3. The molecule has 0 saturated heterocycles. The molecular weight excluding hydrogens is 817 g/mol. The average molecular weight is 924 g/mol. The van der Waals surface area contributed by atoms with Crippen LogP contribution in [-0.4, -0.2) is 37.2 Å². The van der Waals surface area contributed by atoms with Gasteiger partial charge in [-0.15, -0.1) is 0 Å². The number of esters is 3. The molecule has 0 aliphatic heterocycles. The first kappa shape index (κ1) is 63.1. The number of hydrogen-bond donors (Lipinski definition) is 0. The van der Waals surface area contributed by atoms with Crippen molar-refractivity contribution in [2.75, 3.05) is 13.2 Å². The third-order valence-corrected chi connectivity index (χ3v) is 12.2. The van der Waals surface area contributed by atoms with Crippen LogP contribution in [0.15, 0.2) is 60.8 Å². The Labute approximate surface area is 409 Å². The van der Waals surface area contributed by atoms with Gasteiger partial charge in [-0.05, 0) is 89.9 Å². The minimum Gasteiger partial charge on any atom is -0.462 e. The molecule has 0 aliphatic carbocycles. The van der Waals surface area contributed by atoms with Crippen LogP contribution in [0.25, 0.3) is 0 Å². The van der Waals surface area contributed by atoms with Crippen LogP contribution in [0.5, 0.6) is 0 Å². The van der Waals surface area contributed by atoms with Gasteiger partial charge in [0.1, 0.15) is 13.2 Å². The van der Waals surface area contributed by atoms with Gasteiger partial charge < -0.3 is 14.2 Å². The maximum atomic E-state index is 12.8. The number of hydrogen-bond acceptors (Lipinski definition) is 6. The van der Waals surface area contributed by atoms with E-state index in [1.165, 1.54) is 154 Å². The predicted molar refractivity (Wildman–Crippen MR) is 284 cm³/mol. The largest absolute Gasteiger partial charge is 0.462 e. The monoisotopic (exact) mass is 923 g/mol. The zero-order chi connectivity index (χ0) is 47.9. The Bertz CT molecular complexity index is 1200. The normalized spacial score (nSPS) is 12.5. The highest BCUT2D eigenvalue weighted by Crippen LogP contribution is 2.15. The van der Waals surface area contributed by atoms with E-state index in [0.717, 1.165) is 89.9 Å². The molecule has 6 nitrogen and oxygen atoms in total. The second-order valence-electron chi connectivity index (χ2n) is 18.8. The van der Waals surface area contributed by atoms with Crippen molar-refractivity contribution in [3.8, 4) is 0 Å². The molecule has 0 N–H and O–H groups in total. The third-order valence-electron chi connectivity index (χ3n) is 12.2. The summed E-state index contributed by atoms with van der Waals surface area (Å²) in [5.41, 5.74) is 0. The van der Waals surface area contributed by atoms with Crippen molar-refractivity contribution < 1.29 is 28.6 Å². The molecule has 0 bridgehead atoms. The summed E-state index contributed by atoms with van der Waals surface area (Å²) in [5, 5.41) is 0. The SMILES string of the molecule is CCCCC/C=C\C/C=C\C/C=C\CCCCCCC(=O)O[C@@H](COC(=O)CCCCCCCCCCC/C=C\C/C=C\CCCCC)COC(=O)CCCCCCCCCCCCCC. The maximum absolute atomic E-state index is 12.8. The molecule has 0 amide bonds. The van der Waals surface area contributed by atoms with E-state index in [1.807, 2.05) is 0 Å². The highest BCUT2D eigenvalue weighted by molar-refractivity contribution is 5.71. The quantitative estimate of drug-likeness (QED) is 0.0262. The van der Waals surface area contributed by atoms with Gasteiger partial charge in [-0.25, -0.2) is 0 Å². The topological polar surface area (TPSA) is 78.9 Å². The molecule has 0 saturated carbocycles. The van der Waals surface area contributed by atoms with Gasteiger partial charge in [0.05, 0.1) is 0 Å². The predicted octanol–water partition coefficient (Wildman–Crippen LogP) is 18.8. The molecule has 0 unspecified atom stereocenters. The molecule has 0 aromatic rings. The summed E-state index contributed by atoms with van der Waals surface area (Å²) in [5.74, 6) is -0.899. The Morgan fingerprint density at radius 1 is 0.303 bits per heavy atom. The molecule has 0 fully saturated rings. The zero-order valence-electron chi connectivity index (χ0n) is 43.7. The fraction of sp³-hybridized carbons (Fsp3) is 0.783. The van der Waals surface area contributed by atoms with E-state index < -0.39 is 6.10 Å². The highest BCUT2D eigenvalue weighted by Gasteiger charge is 2.19. The van der Waals surface area contributed by atoms with Crippen molar-refractivity contribution in [3.63, 3.8) is 0 Å². The van der Waals surface area contributed by atoms with E-state index in [2.05, 4.69) is 81.5 Å². The van der Waals surface area contributed by atoms with Crippen LogP contribution in [0.3, 0.4) is 0 Å². The Balaban J connectivity index is 4.38. The second-order valence-corrected chi connectivity index (χ2v) is 18.8. The van der Waals surface area contributed by atoms with Crippen molar-refractivity contribution in [2.45, 2.75) is 290 Å². The van der Waals surface area contributed by atoms with E-state index in [9.17, 15) is 14.4 Å². The lowest BCUT2D eigenvalue weighted by molar-refractivity contribution is -0.167. The number of carbonyl (C=O) groups is 3. The molecule has 382 valence electrons. The summed E-state index contributed by atoms with van der Waals surface area (Å²) in [6, 6.07) is 0. The van der Waals surface area contributed by atoms with Crippen molar-refractivity contribution >= 4 is 17.9 Å². The summed E-state index contributed by atoms with van der Waals surface area (Å²) in [6.07, 6.45) is 67.7. The van der Waals surface area contributed by atoms with Gasteiger partial charge in [0, 0.05) is 19.3 Å². The van der Waals surface area contributed by atoms with Crippen LogP contribution in [0.2, 0.25) is 0 Å². The molecule has 0 aromatic carbocycles. The molecule has 0 aromatic heterocycles. The van der Waals surface area contributed by atoms with Gasteiger partial charge in [0.25, 0.3) is 0 Å². The molecule has 0 rings (SSSR count). The Morgan fingerprint density at radius 2 is 0.545 bits per heavy atom. The second kappa shape index (κ2) is 54.7. The van der Waals surface area contributed by atoms with Gasteiger partial charge in [-0.2, -0.15) is 0 Å². The number of unbranched alkanes of at least 4 members (excludes halogenated alkanes) is 30. The van der Waals surface area contributed by atoms with Crippen LogP contribution in [0, 0.1) is 0 Å². The van der Waals surface area contributed by atoms with E-state index in [-0.39, 0.29) is 31.1 Å². The van der Waals surface area contributed by atoms with Crippen LogP contribution < -0.4 is 0 Å². The number of allylic oxidation sites excluding steroid dienone is 10. The van der Waals surface area contributed by atoms with E-state index >= 15 is 0 Å². The van der Waals surface area contributed by atoms with Crippen LogP contribution >= 0.6 is 0 Å². The Hall–Kier alpha value is -2.89. The van der Waals surface area contributed by atoms with Crippen molar-refractivity contribution in [1.29, 1.82) is 0 Å². The van der Waals surface area contributed by atoms with Crippen LogP contribution in [-0.2, 0) is 28.6 Å². The summed E-state index contributed by atoms with van der Waals surface area (Å²) < 4.78 is 16.8. The minimum atomic E-state index is -0.786. The zero-order valence-corrected chi connectivity index (χ0v) is 43.7. The van der Waals surface area contributed by atoms with E-state index in [4.69, 9.17) is 14.2 Å². The molecule has 0 radical (unpaired) electrons. The lowest BCUT2D eigenvalue weighted by Gasteiger charge is -2.18. The summed E-state index contributed by atoms with van der Waals surface area (Å²) >= 11 is 0. The fourth-order valence-corrected chi connectivity index (χ4v) is 7.95. The lowest BCUT2D eigenvalue weighted by atomic mass is 10.0. The first-order valence-electron chi connectivity index (χ1n) is 28.3. The van der Waals surface area contributed by atoms with E-state index in [1.54, 1.807) is 0 Å². The summed E-state index contributed by atoms with van der Waals surface area (Å²) in [6.45, 7) is 6.58. The van der Waals surface area contributed by atoms with Gasteiger partial charge in [-0.3, -0.25) is 14.4 Å². The first-order chi connectivity index (χ1) is 32.5. The smallest absolute Gasteiger partial charge is 0.306 e. The van der Waals surface area contributed by atoms with Crippen LogP contribution in [0.1, 0.15) is 284 Å². The van der Waals surface area contributed by atoms with Gasteiger partial charge >= 0.3 is 17.9 Å². The Morgan fingerprint density at radius 3 is 0.879 bits per heavy atom. The first-order valence-corrected chi connectivity index (χ1v) is 28.3. The van der Waals surface area contributed by atoms with Gasteiger partial charge in [0.2, 0.25) is 0 Å². The number of ether oxygens (including phenoxy) is 3. The molecule has 66 heavy (non-hydrogen) atoms. The van der Waals surface area contributed by atoms with E-state index in [0.29, 0.717) is 19.3 Å². The summed E-state index contributed by atoms with van der Waals surface area (Å²) in [4.78, 5) is 38.1. The molecule has 6 heteroatoms. The van der Waals surface area contributed by atoms with Crippen molar-refractivity contribution in [2.24, 2.45) is 0 Å². The Kier molecular flexibility index (Phi) is 52.3. The fourth-order valence-electron chi connectivity index (χ4n) is 7.95. The van der Waals surface area contributed by atoms with Gasteiger partial charge in [0.15, 0.2) is 6.10 Å². The number of rotatable bonds is 51. The average Bonchev–Trinajstić information content (AvgIpc) is 3.31. The molecular formula is C60H106O6. The van der Waals surface area contributed by atoms with Crippen molar-refractivity contribution in [3.05, 3.63) is 60.8 Å².